The number of ether oxygens (including phenoxy) is 1. The highest BCUT2D eigenvalue weighted by Crippen LogP contribution is 2.41. The van der Waals surface area contributed by atoms with E-state index < -0.39 is 24.0 Å². The van der Waals surface area contributed by atoms with Crippen LogP contribution in [0.3, 0.4) is 0 Å². The third kappa shape index (κ3) is 5.40. The van der Waals surface area contributed by atoms with E-state index in [4.69, 9.17) is 16.3 Å². The van der Waals surface area contributed by atoms with Crippen LogP contribution in [0.5, 0.6) is 0 Å². The van der Waals surface area contributed by atoms with Crippen molar-refractivity contribution < 1.29 is 18.7 Å². The second-order valence-corrected chi connectivity index (χ2v) is 10.3. The number of cyclic esters (lactones) is 1. The number of carbonyl (C=O) groups excluding carboxylic acids is 2. The molecule has 0 bridgehead atoms. The van der Waals surface area contributed by atoms with E-state index in [1.165, 1.54) is 29.3 Å². The van der Waals surface area contributed by atoms with Crippen molar-refractivity contribution in [3.8, 4) is 0 Å². The highest BCUT2D eigenvalue weighted by atomic mass is 35.5. The predicted molar refractivity (Wildman–Crippen MR) is 145 cm³/mol. The fourth-order valence-electron chi connectivity index (χ4n) is 5.61. The Balaban J connectivity index is 1.14. The van der Waals surface area contributed by atoms with Crippen LogP contribution in [-0.2, 0) is 10.2 Å². The number of halogens is 2. The quantitative estimate of drug-likeness (QED) is 0.368. The number of piperidine rings is 1. The molecule has 0 aromatic heterocycles. The van der Waals surface area contributed by atoms with Crippen LogP contribution >= 0.6 is 11.6 Å². The largest absolute Gasteiger partial charge is 0.446 e. The van der Waals surface area contributed by atoms with E-state index in [2.05, 4.69) is 70.9 Å². The van der Waals surface area contributed by atoms with Gasteiger partial charge in [-0.05, 0) is 67.7 Å². The Bertz CT molecular complexity index is 1220. The van der Waals surface area contributed by atoms with E-state index >= 15 is 0 Å². The summed E-state index contributed by atoms with van der Waals surface area (Å²) in [6.07, 6.45) is 2.08. The van der Waals surface area contributed by atoms with Gasteiger partial charge in [-0.25, -0.2) is 18.9 Å². The Kier molecular flexibility index (Phi) is 7.95. The average Bonchev–Trinajstić information content (AvgIpc) is 3.35. The molecule has 2 saturated heterocycles. The number of rotatable bonds is 7. The predicted octanol–water partition coefficient (Wildman–Crippen LogP) is 6.15. The van der Waals surface area contributed by atoms with Crippen molar-refractivity contribution in [2.45, 2.75) is 30.7 Å². The van der Waals surface area contributed by atoms with Crippen molar-refractivity contribution in [1.82, 2.24) is 15.1 Å². The number of amides is 3. The smallest absolute Gasteiger partial charge is 0.418 e. The van der Waals surface area contributed by atoms with Crippen LogP contribution < -0.4 is 5.32 Å². The molecule has 0 radical (unpaired) electrons. The number of nitrogens with one attached hydrogen (secondary N) is 1. The van der Waals surface area contributed by atoms with Gasteiger partial charge in [-0.3, -0.25) is 0 Å². The number of urea groups is 1. The first-order valence-corrected chi connectivity index (χ1v) is 13.4. The molecule has 3 aromatic rings. The van der Waals surface area contributed by atoms with E-state index in [-0.39, 0.29) is 17.0 Å². The molecule has 3 aromatic carbocycles. The zero-order valence-electron chi connectivity index (χ0n) is 21.1. The van der Waals surface area contributed by atoms with Crippen molar-refractivity contribution in [3.63, 3.8) is 0 Å². The van der Waals surface area contributed by atoms with E-state index in [1.54, 1.807) is 0 Å². The number of imide groups is 1. The van der Waals surface area contributed by atoms with Gasteiger partial charge in [-0.2, -0.15) is 0 Å². The maximum atomic E-state index is 13.6. The van der Waals surface area contributed by atoms with Crippen molar-refractivity contribution >= 4 is 23.7 Å². The van der Waals surface area contributed by atoms with E-state index in [9.17, 15) is 14.0 Å². The van der Waals surface area contributed by atoms with Gasteiger partial charge >= 0.3 is 12.1 Å². The molecule has 3 amide bonds. The maximum absolute atomic E-state index is 13.6. The summed E-state index contributed by atoms with van der Waals surface area (Å²) >= 11 is 5.89. The molecule has 5 rings (SSSR count). The normalized spacial score (nSPS) is 19.3. The number of likely N-dealkylation sites (tertiary alicyclic amines) is 1. The van der Waals surface area contributed by atoms with Crippen molar-refractivity contribution in [3.05, 3.63) is 106 Å². The van der Waals surface area contributed by atoms with Crippen LogP contribution in [0.1, 0.15) is 42.0 Å². The van der Waals surface area contributed by atoms with Gasteiger partial charge in [0.25, 0.3) is 0 Å². The van der Waals surface area contributed by atoms with E-state index in [1.807, 2.05) is 0 Å². The van der Waals surface area contributed by atoms with Crippen LogP contribution in [0, 0.1) is 5.82 Å². The molecule has 0 saturated carbocycles. The number of carbonyl (C=O) groups is 2. The minimum Gasteiger partial charge on any atom is -0.446 e. The van der Waals surface area contributed by atoms with Crippen LogP contribution in [0.4, 0.5) is 14.0 Å². The van der Waals surface area contributed by atoms with Gasteiger partial charge in [0.2, 0.25) is 0 Å². The topological polar surface area (TPSA) is 61.9 Å². The fourth-order valence-corrected chi connectivity index (χ4v) is 5.80. The molecule has 2 aliphatic rings. The molecule has 1 unspecified atom stereocenters. The van der Waals surface area contributed by atoms with E-state index in [0.29, 0.717) is 12.1 Å². The lowest BCUT2D eigenvalue weighted by Gasteiger charge is -2.43. The maximum Gasteiger partial charge on any atom is 0.418 e. The monoisotopic (exact) mass is 535 g/mol. The van der Waals surface area contributed by atoms with Gasteiger partial charge in [0, 0.05) is 12.0 Å². The number of hydrogen-bond donors (Lipinski definition) is 1. The van der Waals surface area contributed by atoms with Crippen LogP contribution in [0.2, 0.25) is 5.02 Å². The summed E-state index contributed by atoms with van der Waals surface area (Å²) in [5.74, 6) is -0.556. The van der Waals surface area contributed by atoms with Crippen molar-refractivity contribution in [2.75, 3.05) is 32.8 Å². The molecule has 1 N–H and O–H groups in total. The van der Waals surface area contributed by atoms with Gasteiger partial charge in [-0.1, -0.05) is 78.3 Å². The number of nitrogens with zero attached hydrogens (tertiary/aromatic N) is 2. The Morgan fingerprint density at radius 2 is 1.63 bits per heavy atom. The average molecular weight is 536 g/mol. The van der Waals surface area contributed by atoms with E-state index in [0.717, 1.165) is 43.8 Å². The zero-order chi connectivity index (χ0) is 26.5. The molecule has 38 heavy (non-hydrogen) atoms. The summed E-state index contributed by atoms with van der Waals surface area (Å²) in [6, 6.07) is 24.5. The Labute approximate surface area is 227 Å². The summed E-state index contributed by atoms with van der Waals surface area (Å²) in [7, 11) is 0. The summed E-state index contributed by atoms with van der Waals surface area (Å²) in [5, 5.41) is 2.78. The first-order valence-electron chi connectivity index (χ1n) is 13.0. The third-order valence-corrected chi connectivity index (χ3v) is 8.00. The summed E-state index contributed by atoms with van der Waals surface area (Å²) in [4.78, 5) is 28.6. The summed E-state index contributed by atoms with van der Waals surface area (Å²) < 4.78 is 18.7. The molecule has 198 valence electrons. The molecule has 0 spiro atoms. The highest BCUT2D eigenvalue weighted by Gasteiger charge is 2.40. The molecule has 8 heteroatoms. The van der Waals surface area contributed by atoms with Crippen LogP contribution in [0.15, 0.2) is 78.9 Å². The molecule has 2 heterocycles. The third-order valence-electron chi connectivity index (χ3n) is 7.71. The SMILES string of the molecule is O=C(NCCCN1CCC(c2ccccc2)(c2ccccc2)CC1)N1C(=O)OCC1c1ccc(F)c(Cl)c1. The molecular weight excluding hydrogens is 505 g/mol. The molecule has 2 fully saturated rings. The van der Waals surface area contributed by atoms with Gasteiger partial charge in [-0.15, -0.1) is 0 Å². The Morgan fingerprint density at radius 3 is 2.24 bits per heavy atom. The lowest BCUT2D eigenvalue weighted by Crippen LogP contribution is -2.45. The fraction of sp³-hybridized carbons (Fsp3) is 0.333. The molecule has 0 aliphatic carbocycles. The standard InChI is InChI=1S/C30H31ClFN3O3/c31-25-20-22(12-13-26(25)32)27-21-38-29(37)35(27)28(36)33-16-7-17-34-18-14-30(15-19-34,23-8-3-1-4-9-23)24-10-5-2-6-11-24/h1-6,8-13,20,27H,7,14-19,21H2,(H,33,36). The minimum absolute atomic E-state index is 0.00160. The summed E-state index contributed by atoms with van der Waals surface area (Å²) in [6.45, 7) is 3.21. The second kappa shape index (κ2) is 11.5. The van der Waals surface area contributed by atoms with Crippen molar-refractivity contribution in [2.24, 2.45) is 0 Å². The summed E-state index contributed by atoms with van der Waals surface area (Å²) in [5.41, 5.74) is 3.26. The first-order chi connectivity index (χ1) is 18.5. The number of hydrogen-bond acceptors (Lipinski definition) is 4. The minimum atomic E-state index is -0.720. The van der Waals surface area contributed by atoms with Crippen LogP contribution in [-0.4, -0.2) is 54.7 Å². The van der Waals surface area contributed by atoms with Gasteiger partial charge in [0.05, 0.1) is 5.02 Å². The first kappa shape index (κ1) is 26.2. The second-order valence-electron chi connectivity index (χ2n) is 9.88. The van der Waals surface area contributed by atoms with Gasteiger partial charge in [0.1, 0.15) is 18.5 Å². The molecule has 6 nitrogen and oxygen atoms in total. The highest BCUT2D eigenvalue weighted by molar-refractivity contribution is 6.30. The Hall–Kier alpha value is -3.42. The molecular formula is C30H31ClFN3O3. The molecule has 1 atom stereocenters. The molecule has 2 aliphatic heterocycles. The number of benzene rings is 3. The van der Waals surface area contributed by atoms with Crippen LogP contribution in [0.25, 0.3) is 0 Å². The zero-order valence-corrected chi connectivity index (χ0v) is 21.9. The van der Waals surface area contributed by atoms with Crippen molar-refractivity contribution in [1.29, 1.82) is 0 Å². The lowest BCUT2D eigenvalue weighted by atomic mass is 9.68. The van der Waals surface area contributed by atoms with Gasteiger partial charge in [0.15, 0.2) is 0 Å². The Morgan fingerprint density at radius 1 is 1.00 bits per heavy atom. The van der Waals surface area contributed by atoms with Gasteiger partial charge < -0.3 is 15.0 Å². The lowest BCUT2D eigenvalue weighted by molar-refractivity contribution is 0.157.